The van der Waals surface area contributed by atoms with Crippen LogP contribution in [0.25, 0.3) is 11.0 Å². The molecule has 2 aliphatic rings. The van der Waals surface area contributed by atoms with Gasteiger partial charge in [-0.05, 0) is 31.9 Å². The molecule has 0 aliphatic carbocycles. The molecule has 176 valence electrons. The molecule has 32 heavy (non-hydrogen) atoms. The maximum Gasteiger partial charge on any atom is 0.335 e. The average molecular weight is 450 g/mol. The number of carboxylic acid groups (broad SMARTS) is 1. The largest absolute Gasteiger partial charge is 0.479 e. The van der Waals surface area contributed by atoms with Gasteiger partial charge < -0.3 is 34.5 Å². The summed E-state index contributed by atoms with van der Waals surface area (Å²) in [6.07, 6.45) is -5.77. The summed E-state index contributed by atoms with van der Waals surface area (Å²) < 4.78 is 13.3. The van der Waals surface area contributed by atoms with Crippen LogP contribution in [0.3, 0.4) is 0 Å². The van der Waals surface area contributed by atoms with Gasteiger partial charge in [0, 0.05) is 32.2 Å². The number of aliphatic hydroxyl groups excluding tert-OH is 3. The normalized spacial score (nSPS) is 30.1. The standard InChI is InChI=1S/C22H31N3O7/c1-2-31-12-11-25-15-6-4-3-5-14(15)23-20(25)13-7-9-24(10-8-13)21-18(28)16(26)17(27)19(32-21)22(29)30/h3-6,13,16-19,21,26-28H,2,7-12H2,1H3,(H,29,30). The third kappa shape index (κ3) is 4.39. The van der Waals surface area contributed by atoms with Crippen LogP contribution in [0.1, 0.15) is 31.5 Å². The van der Waals surface area contributed by atoms with Crippen LogP contribution < -0.4 is 0 Å². The Morgan fingerprint density at radius 3 is 2.56 bits per heavy atom. The Labute approximate surface area is 186 Å². The Bertz CT molecular complexity index is 927. The van der Waals surface area contributed by atoms with E-state index in [1.54, 1.807) is 0 Å². The molecule has 2 saturated heterocycles. The summed E-state index contributed by atoms with van der Waals surface area (Å²) >= 11 is 0. The van der Waals surface area contributed by atoms with Gasteiger partial charge in [0.05, 0.1) is 17.6 Å². The van der Waals surface area contributed by atoms with E-state index in [1.165, 1.54) is 0 Å². The van der Waals surface area contributed by atoms with Crippen molar-refractivity contribution in [3.05, 3.63) is 30.1 Å². The number of hydrogen-bond acceptors (Lipinski definition) is 8. The van der Waals surface area contributed by atoms with E-state index in [9.17, 15) is 25.2 Å². The van der Waals surface area contributed by atoms with Gasteiger partial charge in [-0.25, -0.2) is 9.78 Å². The van der Waals surface area contributed by atoms with Crippen molar-refractivity contribution in [2.75, 3.05) is 26.3 Å². The number of carboxylic acids is 1. The van der Waals surface area contributed by atoms with E-state index >= 15 is 0 Å². The number of piperidine rings is 1. The van der Waals surface area contributed by atoms with Crippen molar-refractivity contribution in [1.82, 2.24) is 14.5 Å². The predicted molar refractivity (Wildman–Crippen MR) is 114 cm³/mol. The van der Waals surface area contributed by atoms with Crippen LogP contribution in [-0.4, -0.2) is 97.8 Å². The number of likely N-dealkylation sites (tertiary alicyclic amines) is 1. The minimum Gasteiger partial charge on any atom is -0.479 e. The number of nitrogens with zero attached hydrogens (tertiary/aromatic N) is 3. The highest BCUT2D eigenvalue weighted by atomic mass is 16.6. The van der Waals surface area contributed by atoms with E-state index in [-0.39, 0.29) is 5.92 Å². The Morgan fingerprint density at radius 2 is 1.88 bits per heavy atom. The number of aliphatic carboxylic acids is 1. The van der Waals surface area contributed by atoms with Gasteiger partial charge >= 0.3 is 5.97 Å². The summed E-state index contributed by atoms with van der Waals surface area (Å²) in [5.74, 6) is -0.187. The van der Waals surface area contributed by atoms with E-state index in [0.717, 1.165) is 29.7 Å². The van der Waals surface area contributed by atoms with Crippen LogP contribution in [0.2, 0.25) is 0 Å². The SMILES string of the molecule is CCOCCn1c(C2CCN(C3OC(C(=O)O)C(O)C(O)C3O)CC2)nc2ccccc21. The van der Waals surface area contributed by atoms with E-state index in [0.29, 0.717) is 32.8 Å². The second-order valence-corrected chi connectivity index (χ2v) is 8.37. The Morgan fingerprint density at radius 1 is 1.16 bits per heavy atom. The van der Waals surface area contributed by atoms with Crippen molar-refractivity contribution < 1.29 is 34.7 Å². The predicted octanol–water partition coefficient (Wildman–Crippen LogP) is 0.144. The first-order valence-corrected chi connectivity index (χ1v) is 11.1. The average Bonchev–Trinajstić information content (AvgIpc) is 3.16. The van der Waals surface area contributed by atoms with Gasteiger partial charge in [0.25, 0.3) is 0 Å². The zero-order valence-corrected chi connectivity index (χ0v) is 18.1. The van der Waals surface area contributed by atoms with Gasteiger partial charge in [-0.1, -0.05) is 12.1 Å². The maximum atomic E-state index is 11.4. The zero-order chi connectivity index (χ0) is 22.8. The first-order valence-electron chi connectivity index (χ1n) is 11.1. The molecule has 0 spiro atoms. The smallest absolute Gasteiger partial charge is 0.335 e. The number of carbonyl (C=O) groups is 1. The highest BCUT2D eigenvalue weighted by molar-refractivity contribution is 5.76. The third-order valence-electron chi connectivity index (χ3n) is 6.43. The molecule has 5 unspecified atom stereocenters. The summed E-state index contributed by atoms with van der Waals surface area (Å²) in [6.45, 7) is 5.00. The fourth-order valence-electron chi connectivity index (χ4n) is 4.72. The van der Waals surface area contributed by atoms with Crippen molar-refractivity contribution in [3.8, 4) is 0 Å². The highest BCUT2D eigenvalue weighted by Crippen LogP contribution is 2.33. The van der Waals surface area contributed by atoms with E-state index in [4.69, 9.17) is 14.5 Å². The Kier molecular flexibility index (Phi) is 7.08. The summed E-state index contributed by atoms with van der Waals surface area (Å²) in [4.78, 5) is 18.1. The number of aromatic nitrogens is 2. The maximum absolute atomic E-state index is 11.4. The van der Waals surface area contributed by atoms with Crippen molar-refractivity contribution >= 4 is 17.0 Å². The topological polar surface area (TPSA) is 138 Å². The lowest BCUT2D eigenvalue weighted by Crippen LogP contribution is -2.64. The first-order chi connectivity index (χ1) is 15.4. The van der Waals surface area contributed by atoms with Crippen LogP contribution in [0.4, 0.5) is 0 Å². The van der Waals surface area contributed by atoms with Crippen LogP contribution in [0.5, 0.6) is 0 Å². The highest BCUT2D eigenvalue weighted by Gasteiger charge is 2.49. The summed E-state index contributed by atoms with van der Waals surface area (Å²) in [5.41, 5.74) is 2.01. The number of para-hydroxylation sites is 2. The molecule has 2 aromatic rings. The quantitative estimate of drug-likeness (QED) is 0.435. The minimum absolute atomic E-state index is 0.187. The van der Waals surface area contributed by atoms with Gasteiger partial charge in [-0.3, -0.25) is 4.90 Å². The molecule has 3 heterocycles. The van der Waals surface area contributed by atoms with Gasteiger partial charge in [0.15, 0.2) is 6.10 Å². The fraction of sp³-hybridized carbons (Fsp3) is 0.636. The van der Waals surface area contributed by atoms with Gasteiger partial charge in [0.1, 0.15) is 30.4 Å². The number of benzene rings is 1. The molecule has 5 atom stereocenters. The monoisotopic (exact) mass is 449 g/mol. The molecule has 4 rings (SSSR count). The van der Waals surface area contributed by atoms with Gasteiger partial charge in [-0.15, -0.1) is 0 Å². The molecule has 1 aromatic carbocycles. The summed E-state index contributed by atoms with van der Waals surface area (Å²) in [7, 11) is 0. The molecular weight excluding hydrogens is 418 g/mol. The first kappa shape index (κ1) is 23.1. The minimum atomic E-state index is -1.68. The van der Waals surface area contributed by atoms with Crippen LogP contribution in [0, 0.1) is 0 Å². The third-order valence-corrected chi connectivity index (χ3v) is 6.43. The molecule has 0 saturated carbocycles. The van der Waals surface area contributed by atoms with Crippen molar-refractivity contribution in [3.63, 3.8) is 0 Å². The van der Waals surface area contributed by atoms with Crippen LogP contribution in [0.15, 0.2) is 24.3 Å². The number of imidazole rings is 1. The van der Waals surface area contributed by atoms with Crippen LogP contribution >= 0.6 is 0 Å². The van der Waals surface area contributed by atoms with E-state index < -0.39 is 36.6 Å². The second-order valence-electron chi connectivity index (χ2n) is 8.37. The molecule has 2 aliphatic heterocycles. The number of ether oxygens (including phenoxy) is 2. The lowest BCUT2D eigenvalue weighted by Gasteiger charge is -2.45. The van der Waals surface area contributed by atoms with Gasteiger partial charge in [0.2, 0.25) is 0 Å². The molecule has 4 N–H and O–H groups in total. The number of hydrogen-bond donors (Lipinski definition) is 4. The van der Waals surface area contributed by atoms with Crippen molar-refractivity contribution in [2.24, 2.45) is 0 Å². The number of fused-ring (bicyclic) bond motifs is 1. The Hall–Kier alpha value is -2.08. The molecule has 0 bridgehead atoms. The second kappa shape index (κ2) is 9.82. The number of aliphatic hydroxyl groups is 3. The molecule has 2 fully saturated rings. The summed E-state index contributed by atoms with van der Waals surface area (Å²) in [6, 6.07) is 8.01. The zero-order valence-electron chi connectivity index (χ0n) is 18.1. The molecule has 10 nitrogen and oxygen atoms in total. The Balaban J connectivity index is 1.48. The van der Waals surface area contributed by atoms with Crippen molar-refractivity contribution in [1.29, 1.82) is 0 Å². The van der Waals surface area contributed by atoms with E-state index in [1.807, 2.05) is 30.0 Å². The molecule has 1 aromatic heterocycles. The lowest BCUT2D eigenvalue weighted by atomic mass is 9.93. The molecule has 0 amide bonds. The van der Waals surface area contributed by atoms with Gasteiger partial charge in [-0.2, -0.15) is 0 Å². The molecule has 10 heteroatoms. The lowest BCUT2D eigenvalue weighted by molar-refractivity contribution is -0.261. The molecular formula is C22H31N3O7. The van der Waals surface area contributed by atoms with E-state index in [2.05, 4.69) is 10.6 Å². The van der Waals surface area contributed by atoms with Crippen LogP contribution in [-0.2, 0) is 20.8 Å². The fourth-order valence-corrected chi connectivity index (χ4v) is 4.72. The number of rotatable bonds is 7. The molecule has 0 radical (unpaired) electrons. The van der Waals surface area contributed by atoms with Crippen molar-refractivity contribution in [2.45, 2.75) is 62.9 Å². The summed E-state index contributed by atoms with van der Waals surface area (Å²) in [5, 5.41) is 39.7.